The smallest absolute Gasteiger partial charge is 0.0337 e. The van der Waals surface area contributed by atoms with E-state index in [0.717, 1.165) is 13.0 Å². The van der Waals surface area contributed by atoms with Gasteiger partial charge >= 0.3 is 0 Å². The highest BCUT2D eigenvalue weighted by atomic mass is 35.5. The second-order valence-electron chi connectivity index (χ2n) is 4.55. The molecule has 0 bridgehead atoms. The summed E-state index contributed by atoms with van der Waals surface area (Å²) in [4.78, 5) is 2.95. The second-order valence-corrected chi connectivity index (χ2v) is 6.42. The van der Waals surface area contributed by atoms with Crippen LogP contribution in [0.15, 0.2) is 12.1 Å². The number of rotatable bonds is 4. The lowest BCUT2D eigenvalue weighted by Crippen LogP contribution is -2.32. The van der Waals surface area contributed by atoms with E-state index in [-0.39, 0.29) is 0 Å². The van der Waals surface area contributed by atoms with Gasteiger partial charge < -0.3 is 5.32 Å². The molecule has 0 saturated heterocycles. The van der Waals surface area contributed by atoms with Gasteiger partial charge in [0.15, 0.2) is 0 Å². The standard InChI is InChI=1S/C13H20ClNS/c1-2-12-7-8-13(16-12)9-15-11-5-3-10(14)4-6-11/h7-8,10-11,15H,2-6,9H2,1H3. The molecule has 1 saturated carbocycles. The van der Waals surface area contributed by atoms with Crippen LogP contribution in [0.2, 0.25) is 0 Å². The molecule has 1 aromatic rings. The topological polar surface area (TPSA) is 12.0 Å². The minimum atomic E-state index is 0.423. The first-order valence-corrected chi connectivity index (χ1v) is 7.48. The highest BCUT2D eigenvalue weighted by Crippen LogP contribution is 2.23. The Bertz CT molecular complexity index is 315. The van der Waals surface area contributed by atoms with Crippen LogP contribution in [0.5, 0.6) is 0 Å². The summed E-state index contributed by atoms with van der Waals surface area (Å²) in [6, 6.07) is 5.18. The Kier molecular flexibility index (Phi) is 4.68. The first-order chi connectivity index (χ1) is 7.78. The van der Waals surface area contributed by atoms with E-state index in [0.29, 0.717) is 11.4 Å². The number of thiophene rings is 1. The lowest BCUT2D eigenvalue weighted by atomic mass is 9.95. The van der Waals surface area contributed by atoms with Crippen molar-refractivity contribution < 1.29 is 0 Å². The van der Waals surface area contributed by atoms with Crippen LogP contribution in [-0.4, -0.2) is 11.4 Å². The Labute approximate surface area is 107 Å². The third-order valence-electron chi connectivity index (χ3n) is 3.29. The molecule has 1 nitrogen and oxygen atoms in total. The summed E-state index contributed by atoms with van der Waals surface area (Å²) >= 11 is 8.03. The molecule has 1 fully saturated rings. The molecule has 1 aliphatic carbocycles. The normalized spacial score (nSPS) is 25.9. The van der Waals surface area contributed by atoms with Gasteiger partial charge in [0.25, 0.3) is 0 Å². The zero-order valence-corrected chi connectivity index (χ0v) is 11.4. The van der Waals surface area contributed by atoms with Crippen molar-refractivity contribution in [2.45, 2.75) is 57.0 Å². The summed E-state index contributed by atoms with van der Waals surface area (Å²) in [6.45, 7) is 3.24. The summed E-state index contributed by atoms with van der Waals surface area (Å²) in [5.41, 5.74) is 0. The molecule has 1 N–H and O–H groups in total. The van der Waals surface area contributed by atoms with Crippen molar-refractivity contribution >= 4 is 22.9 Å². The predicted octanol–water partition coefficient (Wildman–Crippen LogP) is 3.95. The summed E-state index contributed by atoms with van der Waals surface area (Å²) in [5.74, 6) is 0. The van der Waals surface area contributed by atoms with Crippen molar-refractivity contribution in [3.63, 3.8) is 0 Å². The van der Waals surface area contributed by atoms with E-state index in [2.05, 4.69) is 24.4 Å². The average Bonchev–Trinajstić information content (AvgIpc) is 2.76. The van der Waals surface area contributed by atoms with Gasteiger partial charge in [0.1, 0.15) is 0 Å². The minimum absolute atomic E-state index is 0.423. The van der Waals surface area contributed by atoms with Crippen LogP contribution in [-0.2, 0) is 13.0 Å². The van der Waals surface area contributed by atoms with Crippen molar-refractivity contribution in [3.05, 3.63) is 21.9 Å². The number of nitrogens with one attached hydrogen (secondary N) is 1. The Morgan fingerprint density at radius 1 is 1.25 bits per heavy atom. The molecular weight excluding hydrogens is 238 g/mol. The number of aryl methyl sites for hydroxylation is 1. The molecule has 90 valence electrons. The zero-order chi connectivity index (χ0) is 11.4. The Hall–Kier alpha value is -0.0500. The molecule has 2 rings (SSSR count). The molecule has 1 heterocycles. The van der Waals surface area contributed by atoms with Crippen LogP contribution in [0.1, 0.15) is 42.4 Å². The van der Waals surface area contributed by atoms with Crippen molar-refractivity contribution in [2.75, 3.05) is 0 Å². The molecular formula is C13H20ClNS. The maximum atomic E-state index is 6.10. The highest BCUT2D eigenvalue weighted by Gasteiger charge is 2.18. The monoisotopic (exact) mass is 257 g/mol. The van der Waals surface area contributed by atoms with E-state index in [1.807, 2.05) is 11.3 Å². The summed E-state index contributed by atoms with van der Waals surface area (Å²) in [7, 11) is 0. The second kappa shape index (κ2) is 6.04. The van der Waals surface area contributed by atoms with Gasteiger partial charge in [0.2, 0.25) is 0 Å². The molecule has 0 atom stereocenters. The van der Waals surface area contributed by atoms with Gasteiger partial charge in [-0.05, 0) is 44.2 Å². The Morgan fingerprint density at radius 3 is 2.56 bits per heavy atom. The number of hydrogen-bond acceptors (Lipinski definition) is 2. The fourth-order valence-electron chi connectivity index (χ4n) is 2.21. The van der Waals surface area contributed by atoms with Gasteiger partial charge in [-0.25, -0.2) is 0 Å². The van der Waals surface area contributed by atoms with Crippen molar-refractivity contribution in [1.82, 2.24) is 5.32 Å². The molecule has 0 amide bonds. The van der Waals surface area contributed by atoms with Gasteiger partial charge in [0, 0.05) is 27.7 Å². The van der Waals surface area contributed by atoms with Crippen molar-refractivity contribution in [3.8, 4) is 0 Å². The molecule has 0 unspecified atom stereocenters. The first kappa shape index (κ1) is 12.4. The van der Waals surface area contributed by atoms with Gasteiger partial charge in [-0.2, -0.15) is 0 Å². The van der Waals surface area contributed by atoms with Gasteiger partial charge in [-0.3, -0.25) is 0 Å². The van der Waals surface area contributed by atoms with Crippen LogP contribution < -0.4 is 5.32 Å². The van der Waals surface area contributed by atoms with E-state index in [1.54, 1.807) is 0 Å². The summed E-state index contributed by atoms with van der Waals surface area (Å²) in [6.07, 6.45) is 5.97. The van der Waals surface area contributed by atoms with Crippen molar-refractivity contribution in [1.29, 1.82) is 0 Å². The van der Waals surface area contributed by atoms with E-state index < -0.39 is 0 Å². The summed E-state index contributed by atoms with van der Waals surface area (Å²) in [5, 5.41) is 4.07. The molecule has 16 heavy (non-hydrogen) atoms. The quantitative estimate of drug-likeness (QED) is 0.806. The zero-order valence-electron chi connectivity index (χ0n) is 9.84. The maximum absolute atomic E-state index is 6.10. The van der Waals surface area contributed by atoms with Gasteiger partial charge in [0.05, 0.1) is 0 Å². The van der Waals surface area contributed by atoms with Gasteiger partial charge in [-0.15, -0.1) is 22.9 Å². The number of alkyl halides is 1. The molecule has 0 aromatic carbocycles. The van der Waals surface area contributed by atoms with E-state index >= 15 is 0 Å². The Morgan fingerprint density at radius 2 is 1.94 bits per heavy atom. The molecule has 0 radical (unpaired) electrons. The summed E-state index contributed by atoms with van der Waals surface area (Å²) < 4.78 is 0. The van der Waals surface area contributed by atoms with Crippen LogP contribution in [0.25, 0.3) is 0 Å². The minimum Gasteiger partial charge on any atom is -0.309 e. The van der Waals surface area contributed by atoms with Gasteiger partial charge in [-0.1, -0.05) is 6.92 Å². The van der Waals surface area contributed by atoms with Crippen LogP contribution in [0.4, 0.5) is 0 Å². The van der Waals surface area contributed by atoms with E-state index in [1.165, 1.54) is 35.4 Å². The average molecular weight is 258 g/mol. The largest absolute Gasteiger partial charge is 0.309 e. The SMILES string of the molecule is CCc1ccc(CNC2CCC(Cl)CC2)s1. The first-order valence-electron chi connectivity index (χ1n) is 6.23. The lowest BCUT2D eigenvalue weighted by molar-refractivity contribution is 0.377. The van der Waals surface area contributed by atoms with Crippen molar-refractivity contribution in [2.24, 2.45) is 0 Å². The van der Waals surface area contributed by atoms with Crippen LogP contribution >= 0.6 is 22.9 Å². The lowest BCUT2D eigenvalue weighted by Gasteiger charge is -2.25. The maximum Gasteiger partial charge on any atom is 0.0337 e. The van der Waals surface area contributed by atoms with E-state index in [9.17, 15) is 0 Å². The predicted molar refractivity (Wildman–Crippen MR) is 72.4 cm³/mol. The molecule has 1 aromatic heterocycles. The molecule has 0 spiro atoms. The third-order valence-corrected chi connectivity index (χ3v) is 4.95. The van der Waals surface area contributed by atoms with E-state index in [4.69, 9.17) is 11.6 Å². The highest BCUT2D eigenvalue weighted by molar-refractivity contribution is 7.11. The number of hydrogen-bond donors (Lipinski definition) is 1. The Balaban J connectivity index is 1.74. The fourth-order valence-corrected chi connectivity index (χ4v) is 3.37. The fraction of sp³-hybridized carbons (Fsp3) is 0.692. The molecule has 1 aliphatic rings. The number of halogens is 1. The molecule has 0 aliphatic heterocycles. The third kappa shape index (κ3) is 3.47. The molecule has 3 heteroatoms. The van der Waals surface area contributed by atoms with Crippen LogP contribution in [0, 0.1) is 0 Å². The van der Waals surface area contributed by atoms with Crippen LogP contribution in [0.3, 0.4) is 0 Å².